The van der Waals surface area contributed by atoms with Crippen LogP contribution in [0.3, 0.4) is 0 Å². The van der Waals surface area contributed by atoms with E-state index < -0.39 is 0 Å². The number of carbonyl (C=O) groups is 1. The minimum atomic E-state index is -0.0149. The molecule has 1 fully saturated rings. The Balaban J connectivity index is 2.13. The molecule has 100 valence electrons. The van der Waals surface area contributed by atoms with E-state index in [0.29, 0.717) is 18.0 Å². The molecule has 1 aromatic carbocycles. The van der Waals surface area contributed by atoms with Crippen molar-refractivity contribution in [2.45, 2.75) is 32.7 Å². The molecule has 1 aromatic rings. The fourth-order valence-corrected chi connectivity index (χ4v) is 2.14. The molecule has 3 nitrogen and oxygen atoms in total. The highest BCUT2D eigenvalue weighted by Gasteiger charge is 2.29. The summed E-state index contributed by atoms with van der Waals surface area (Å²) in [4.78, 5) is 12.2. The lowest BCUT2D eigenvalue weighted by Gasteiger charge is -2.13. The van der Waals surface area contributed by atoms with Gasteiger partial charge in [0.2, 0.25) is 0 Å². The number of nitrogens with two attached hydrogens (primary N) is 1. The van der Waals surface area contributed by atoms with Crippen molar-refractivity contribution in [2.75, 3.05) is 6.54 Å². The highest BCUT2D eigenvalue weighted by molar-refractivity contribution is 5.95. The largest absolute Gasteiger partial charge is 0.349 e. The summed E-state index contributed by atoms with van der Waals surface area (Å²) in [7, 11) is 0. The van der Waals surface area contributed by atoms with Crippen molar-refractivity contribution in [3.8, 4) is 11.8 Å². The first-order chi connectivity index (χ1) is 9.10. The van der Waals surface area contributed by atoms with Crippen LogP contribution in [-0.2, 0) is 0 Å². The summed E-state index contributed by atoms with van der Waals surface area (Å²) < 4.78 is 0. The summed E-state index contributed by atoms with van der Waals surface area (Å²) in [6, 6.07) is 5.93. The Morgan fingerprint density at radius 2 is 2.21 bits per heavy atom. The fourth-order valence-electron chi connectivity index (χ4n) is 2.14. The number of nitrogens with one attached hydrogen (secondary N) is 1. The number of benzene rings is 1. The van der Waals surface area contributed by atoms with Crippen molar-refractivity contribution in [3.63, 3.8) is 0 Å². The molecule has 19 heavy (non-hydrogen) atoms. The molecule has 1 aliphatic carbocycles. The van der Waals surface area contributed by atoms with Gasteiger partial charge in [-0.2, -0.15) is 0 Å². The van der Waals surface area contributed by atoms with Crippen molar-refractivity contribution in [2.24, 2.45) is 11.7 Å². The van der Waals surface area contributed by atoms with Gasteiger partial charge in [-0.25, -0.2) is 0 Å². The highest BCUT2D eigenvalue weighted by Crippen LogP contribution is 2.32. The van der Waals surface area contributed by atoms with Crippen molar-refractivity contribution in [1.82, 2.24) is 5.32 Å². The lowest BCUT2D eigenvalue weighted by atomic mass is 10.1. The number of aryl methyl sites for hydroxylation is 1. The van der Waals surface area contributed by atoms with Gasteiger partial charge >= 0.3 is 0 Å². The third kappa shape index (κ3) is 3.84. The predicted octanol–water partition coefficient (Wildman–Crippen LogP) is 1.83. The molecule has 3 heteroatoms. The van der Waals surface area contributed by atoms with Gasteiger partial charge in [0.05, 0.1) is 6.54 Å². The van der Waals surface area contributed by atoms with E-state index in [1.165, 1.54) is 12.8 Å². The first-order valence-electron chi connectivity index (χ1n) is 6.71. The van der Waals surface area contributed by atoms with Gasteiger partial charge in [0.15, 0.2) is 0 Å². The third-order valence-electron chi connectivity index (χ3n) is 3.36. The summed E-state index contributed by atoms with van der Waals surface area (Å²) >= 11 is 0. The lowest BCUT2D eigenvalue weighted by molar-refractivity contribution is 0.0935. The van der Waals surface area contributed by atoms with Crippen molar-refractivity contribution < 1.29 is 4.79 Å². The van der Waals surface area contributed by atoms with Crippen molar-refractivity contribution in [1.29, 1.82) is 0 Å². The van der Waals surface area contributed by atoms with Crippen LogP contribution < -0.4 is 11.1 Å². The first kappa shape index (κ1) is 13.6. The number of amides is 1. The molecule has 1 atom stereocenters. The smallest absolute Gasteiger partial charge is 0.251 e. The molecule has 1 saturated carbocycles. The van der Waals surface area contributed by atoms with Crippen LogP contribution in [0.25, 0.3) is 0 Å². The van der Waals surface area contributed by atoms with Crippen LogP contribution in [0.5, 0.6) is 0 Å². The van der Waals surface area contributed by atoms with Gasteiger partial charge in [-0.05, 0) is 56.4 Å². The zero-order valence-corrected chi connectivity index (χ0v) is 11.5. The van der Waals surface area contributed by atoms with Crippen LogP contribution in [0.15, 0.2) is 18.2 Å². The molecule has 1 aliphatic rings. The molecule has 0 aromatic heterocycles. The Morgan fingerprint density at radius 1 is 1.47 bits per heavy atom. The van der Waals surface area contributed by atoms with Gasteiger partial charge in [0.25, 0.3) is 5.91 Å². The molecule has 0 bridgehead atoms. The van der Waals surface area contributed by atoms with Gasteiger partial charge in [-0.15, -0.1) is 0 Å². The second-order valence-corrected chi connectivity index (χ2v) is 5.19. The topological polar surface area (TPSA) is 55.1 Å². The Bertz CT molecular complexity index is 535. The monoisotopic (exact) mass is 256 g/mol. The predicted molar refractivity (Wildman–Crippen MR) is 76.8 cm³/mol. The molecule has 0 radical (unpaired) electrons. The molecule has 1 unspecified atom stereocenters. The van der Waals surface area contributed by atoms with Gasteiger partial charge in [-0.3, -0.25) is 4.79 Å². The Morgan fingerprint density at radius 3 is 2.84 bits per heavy atom. The maximum absolute atomic E-state index is 12.2. The van der Waals surface area contributed by atoms with E-state index in [1.807, 2.05) is 25.1 Å². The highest BCUT2D eigenvalue weighted by atomic mass is 16.1. The van der Waals surface area contributed by atoms with Crippen molar-refractivity contribution in [3.05, 3.63) is 34.9 Å². The van der Waals surface area contributed by atoms with E-state index in [2.05, 4.69) is 24.1 Å². The maximum Gasteiger partial charge on any atom is 0.251 e. The Hall–Kier alpha value is -1.79. The molecule has 0 saturated heterocycles. The SMILES string of the molecule is Cc1cc(C#CCN)cc(C(=O)NC(C)C2CC2)c1. The van der Waals surface area contributed by atoms with Gasteiger partial charge in [0.1, 0.15) is 0 Å². The normalized spacial score (nSPS) is 15.3. The summed E-state index contributed by atoms with van der Waals surface area (Å²) in [5.41, 5.74) is 7.92. The average molecular weight is 256 g/mol. The summed E-state index contributed by atoms with van der Waals surface area (Å²) in [5.74, 6) is 6.43. The third-order valence-corrected chi connectivity index (χ3v) is 3.36. The van der Waals surface area contributed by atoms with Crippen molar-refractivity contribution >= 4 is 5.91 Å². The molecule has 0 spiro atoms. The number of hydrogen-bond acceptors (Lipinski definition) is 2. The minimum absolute atomic E-state index is 0.0149. The number of hydrogen-bond donors (Lipinski definition) is 2. The van der Waals surface area contributed by atoms with Crippen LogP contribution in [0.4, 0.5) is 0 Å². The first-order valence-corrected chi connectivity index (χ1v) is 6.71. The van der Waals surface area contributed by atoms with Crippen LogP contribution in [0.2, 0.25) is 0 Å². The Labute approximate surface area is 114 Å². The average Bonchev–Trinajstić information content (AvgIpc) is 3.19. The lowest BCUT2D eigenvalue weighted by Crippen LogP contribution is -2.34. The van der Waals surface area contributed by atoms with Gasteiger partial charge in [-0.1, -0.05) is 11.8 Å². The van der Waals surface area contributed by atoms with Gasteiger partial charge < -0.3 is 11.1 Å². The molecule has 1 amide bonds. The van der Waals surface area contributed by atoms with Gasteiger partial charge in [0, 0.05) is 17.2 Å². The molecule has 3 N–H and O–H groups in total. The van der Waals surface area contributed by atoms with E-state index in [-0.39, 0.29) is 11.9 Å². The minimum Gasteiger partial charge on any atom is -0.349 e. The van der Waals surface area contributed by atoms with E-state index >= 15 is 0 Å². The van der Waals surface area contributed by atoms with E-state index in [9.17, 15) is 4.79 Å². The molecular weight excluding hydrogens is 236 g/mol. The standard InChI is InChI=1S/C16H20N2O/c1-11-8-13(4-3-7-17)10-15(9-11)16(19)18-12(2)14-5-6-14/h8-10,12,14H,5-7,17H2,1-2H3,(H,18,19). The van der Waals surface area contributed by atoms with E-state index in [1.54, 1.807) is 0 Å². The second-order valence-electron chi connectivity index (χ2n) is 5.19. The second kappa shape index (κ2) is 5.90. The molecule has 2 rings (SSSR count). The summed E-state index contributed by atoms with van der Waals surface area (Å²) in [5, 5.41) is 3.06. The molecule has 0 aliphatic heterocycles. The van der Waals surface area contributed by atoms with Crippen LogP contribution >= 0.6 is 0 Å². The maximum atomic E-state index is 12.2. The zero-order chi connectivity index (χ0) is 13.8. The number of carbonyl (C=O) groups excluding carboxylic acids is 1. The molecular formula is C16H20N2O. The quantitative estimate of drug-likeness (QED) is 0.811. The van der Waals surface area contributed by atoms with Crippen LogP contribution in [0.1, 0.15) is 41.3 Å². The summed E-state index contributed by atoms with van der Waals surface area (Å²) in [6.45, 7) is 4.36. The van der Waals surface area contributed by atoms with Crippen LogP contribution in [0, 0.1) is 24.7 Å². The molecule has 0 heterocycles. The van der Waals surface area contributed by atoms with Crippen LogP contribution in [-0.4, -0.2) is 18.5 Å². The zero-order valence-electron chi connectivity index (χ0n) is 11.5. The summed E-state index contributed by atoms with van der Waals surface area (Å²) in [6.07, 6.45) is 2.45. The fraction of sp³-hybridized carbons (Fsp3) is 0.438. The van der Waals surface area contributed by atoms with E-state index in [0.717, 1.165) is 11.1 Å². The Kier molecular flexibility index (Phi) is 4.24. The van der Waals surface area contributed by atoms with E-state index in [4.69, 9.17) is 5.73 Å². The number of rotatable bonds is 3.